The third kappa shape index (κ3) is 7.06. The highest BCUT2D eigenvalue weighted by Gasteiger charge is 2.10. The Kier molecular flexibility index (Phi) is 9.05. The topological polar surface area (TPSA) is 90.4 Å². The van der Waals surface area contributed by atoms with Gasteiger partial charge in [-0.05, 0) is 29.7 Å². The van der Waals surface area contributed by atoms with E-state index in [-0.39, 0.29) is 24.0 Å². The van der Waals surface area contributed by atoms with Crippen LogP contribution in [0.2, 0.25) is 0 Å². The average molecular weight is 553 g/mol. The largest absolute Gasteiger partial charge is 0.356 e. The molecule has 31 heavy (non-hydrogen) atoms. The molecule has 0 saturated heterocycles. The van der Waals surface area contributed by atoms with Gasteiger partial charge < -0.3 is 15.2 Å². The Balaban J connectivity index is 0.00000341. The van der Waals surface area contributed by atoms with Crippen LogP contribution >= 0.6 is 24.0 Å². The second-order valence-corrected chi connectivity index (χ2v) is 9.12. The van der Waals surface area contributed by atoms with Crippen molar-refractivity contribution < 1.29 is 8.42 Å². The number of nitrogens with one attached hydrogen (secondary N) is 2. The quantitative estimate of drug-likeness (QED) is 0.266. The van der Waals surface area contributed by atoms with E-state index in [0.29, 0.717) is 18.0 Å². The van der Waals surface area contributed by atoms with Gasteiger partial charge in [0, 0.05) is 26.9 Å². The smallest absolute Gasteiger partial charge is 0.193 e. The standard InChI is InChI=1S/C22H27N5O2S.HI/c1-23-22(24-14-13-17-9-11-19(12-10-17)30(3,28)29)27(2)16-21-25-15-20(26-21)18-7-5-4-6-8-18;/h4-12,15H,13-14,16H2,1-3H3,(H,23,24)(H,25,26);1H. The molecule has 3 aromatic rings. The van der Waals surface area contributed by atoms with Gasteiger partial charge in [0.15, 0.2) is 15.8 Å². The monoisotopic (exact) mass is 553 g/mol. The second-order valence-electron chi connectivity index (χ2n) is 7.11. The molecule has 1 heterocycles. The maximum Gasteiger partial charge on any atom is 0.193 e. The molecule has 0 aliphatic rings. The summed E-state index contributed by atoms with van der Waals surface area (Å²) >= 11 is 0. The minimum absolute atomic E-state index is 0. The van der Waals surface area contributed by atoms with Crippen LogP contribution in [-0.2, 0) is 22.8 Å². The zero-order valence-corrected chi connectivity index (χ0v) is 21.0. The maximum absolute atomic E-state index is 11.6. The Bertz CT molecular complexity index is 1100. The third-order valence-electron chi connectivity index (χ3n) is 4.72. The average Bonchev–Trinajstić information content (AvgIpc) is 3.20. The third-order valence-corrected chi connectivity index (χ3v) is 5.85. The van der Waals surface area contributed by atoms with E-state index in [4.69, 9.17) is 0 Å². The Morgan fingerprint density at radius 3 is 2.42 bits per heavy atom. The second kappa shape index (κ2) is 11.3. The number of aromatic amines is 1. The number of aliphatic imine (C=N–C) groups is 1. The molecule has 0 spiro atoms. The summed E-state index contributed by atoms with van der Waals surface area (Å²) in [5, 5.41) is 3.34. The van der Waals surface area contributed by atoms with E-state index in [0.717, 1.165) is 35.0 Å². The first-order chi connectivity index (χ1) is 14.4. The van der Waals surface area contributed by atoms with Gasteiger partial charge in [0.1, 0.15) is 5.82 Å². The van der Waals surface area contributed by atoms with E-state index >= 15 is 0 Å². The van der Waals surface area contributed by atoms with Crippen LogP contribution < -0.4 is 5.32 Å². The number of benzene rings is 2. The number of halogens is 1. The number of hydrogen-bond acceptors (Lipinski definition) is 4. The highest BCUT2D eigenvalue weighted by Crippen LogP contribution is 2.16. The fraction of sp³-hybridized carbons (Fsp3) is 0.273. The lowest BCUT2D eigenvalue weighted by atomic mass is 10.1. The van der Waals surface area contributed by atoms with Crippen LogP contribution in [0.4, 0.5) is 0 Å². The number of sulfone groups is 1. The van der Waals surface area contributed by atoms with Crippen LogP contribution in [0, 0.1) is 0 Å². The van der Waals surface area contributed by atoms with Gasteiger partial charge >= 0.3 is 0 Å². The number of aromatic nitrogens is 2. The predicted octanol–water partition coefficient (Wildman–Crippen LogP) is 3.35. The summed E-state index contributed by atoms with van der Waals surface area (Å²) < 4.78 is 23.1. The van der Waals surface area contributed by atoms with E-state index in [1.807, 2.05) is 60.6 Å². The molecule has 1 aromatic heterocycles. The van der Waals surface area contributed by atoms with Gasteiger partial charge in [-0.3, -0.25) is 4.99 Å². The van der Waals surface area contributed by atoms with E-state index in [9.17, 15) is 8.42 Å². The number of rotatable bonds is 7. The first-order valence-electron chi connectivity index (χ1n) is 9.67. The predicted molar refractivity (Wildman–Crippen MR) is 136 cm³/mol. The number of hydrogen-bond donors (Lipinski definition) is 2. The summed E-state index contributed by atoms with van der Waals surface area (Å²) in [6, 6.07) is 17.1. The molecular formula is C22H28IN5O2S. The van der Waals surface area contributed by atoms with Crippen molar-refractivity contribution in [1.29, 1.82) is 0 Å². The van der Waals surface area contributed by atoms with Crippen LogP contribution in [-0.4, -0.2) is 56.1 Å². The number of H-pyrrole nitrogens is 1. The van der Waals surface area contributed by atoms with Gasteiger partial charge in [0.05, 0.1) is 23.3 Å². The Labute approximate surface area is 201 Å². The lowest BCUT2D eigenvalue weighted by Gasteiger charge is -2.21. The van der Waals surface area contributed by atoms with Gasteiger partial charge in [-0.15, -0.1) is 24.0 Å². The van der Waals surface area contributed by atoms with E-state index < -0.39 is 9.84 Å². The minimum Gasteiger partial charge on any atom is -0.356 e. The molecule has 0 fully saturated rings. The number of guanidine groups is 1. The summed E-state index contributed by atoms with van der Waals surface area (Å²) in [5.41, 5.74) is 3.15. The van der Waals surface area contributed by atoms with Crippen molar-refractivity contribution in [2.75, 3.05) is 26.9 Å². The normalized spacial score (nSPS) is 11.6. The molecule has 0 aliphatic heterocycles. The van der Waals surface area contributed by atoms with E-state index in [1.165, 1.54) is 6.26 Å². The van der Waals surface area contributed by atoms with Crippen molar-refractivity contribution in [3.8, 4) is 11.3 Å². The number of imidazole rings is 1. The summed E-state index contributed by atoms with van der Waals surface area (Å²) in [4.78, 5) is 14.5. The molecule has 0 bridgehead atoms. The fourth-order valence-corrected chi connectivity index (χ4v) is 3.74. The van der Waals surface area contributed by atoms with Gasteiger partial charge in [-0.1, -0.05) is 42.5 Å². The molecule has 3 rings (SSSR count). The Hall–Kier alpha value is -2.40. The van der Waals surface area contributed by atoms with Crippen molar-refractivity contribution in [2.24, 2.45) is 4.99 Å². The van der Waals surface area contributed by atoms with Crippen LogP contribution in [0.3, 0.4) is 0 Å². The molecule has 0 unspecified atom stereocenters. The van der Waals surface area contributed by atoms with Crippen molar-refractivity contribution in [2.45, 2.75) is 17.9 Å². The molecule has 0 radical (unpaired) electrons. The van der Waals surface area contributed by atoms with Crippen LogP contribution in [0.25, 0.3) is 11.3 Å². The van der Waals surface area contributed by atoms with Crippen LogP contribution in [0.1, 0.15) is 11.4 Å². The molecule has 0 saturated carbocycles. The Morgan fingerprint density at radius 2 is 1.81 bits per heavy atom. The highest BCUT2D eigenvalue weighted by molar-refractivity contribution is 14.0. The SMILES string of the molecule is CN=C(NCCc1ccc(S(C)(=O)=O)cc1)N(C)Cc1ncc(-c2ccccc2)[nH]1.I. The summed E-state index contributed by atoms with van der Waals surface area (Å²) in [6.07, 6.45) is 3.82. The highest BCUT2D eigenvalue weighted by atomic mass is 127. The maximum atomic E-state index is 11.6. The van der Waals surface area contributed by atoms with Crippen LogP contribution in [0.15, 0.2) is 70.7 Å². The number of nitrogens with zero attached hydrogens (tertiary/aromatic N) is 3. The van der Waals surface area contributed by atoms with Crippen molar-refractivity contribution >= 4 is 39.8 Å². The lowest BCUT2D eigenvalue weighted by molar-refractivity contribution is 0.464. The lowest BCUT2D eigenvalue weighted by Crippen LogP contribution is -2.39. The molecule has 2 N–H and O–H groups in total. The molecule has 9 heteroatoms. The summed E-state index contributed by atoms with van der Waals surface area (Å²) in [7, 11) is 0.542. The molecule has 0 aliphatic carbocycles. The van der Waals surface area contributed by atoms with E-state index in [2.05, 4.69) is 20.3 Å². The van der Waals surface area contributed by atoms with E-state index in [1.54, 1.807) is 19.2 Å². The Morgan fingerprint density at radius 1 is 1.13 bits per heavy atom. The molecule has 166 valence electrons. The van der Waals surface area contributed by atoms with Crippen molar-refractivity contribution in [3.05, 3.63) is 72.2 Å². The molecule has 7 nitrogen and oxygen atoms in total. The first-order valence-corrected chi connectivity index (χ1v) is 11.6. The van der Waals surface area contributed by atoms with Crippen molar-refractivity contribution in [3.63, 3.8) is 0 Å². The minimum atomic E-state index is -3.16. The van der Waals surface area contributed by atoms with Crippen LogP contribution in [0.5, 0.6) is 0 Å². The van der Waals surface area contributed by atoms with Crippen molar-refractivity contribution in [1.82, 2.24) is 20.2 Å². The zero-order chi connectivity index (χ0) is 21.6. The molecule has 0 amide bonds. The summed E-state index contributed by atoms with van der Waals surface area (Å²) in [5.74, 6) is 1.62. The first kappa shape index (κ1) is 24.9. The summed E-state index contributed by atoms with van der Waals surface area (Å²) in [6.45, 7) is 1.28. The molecular weight excluding hydrogens is 525 g/mol. The van der Waals surface area contributed by atoms with Gasteiger partial charge in [0.2, 0.25) is 0 Å². The van der Waals surface area contributed by atoms with Gasteiger partial charge in [-0.25, -0.2) is 13.4 Å². The molecule has 0 atom stereocenters. The van der Waals surface area contributed by atoms with Gasteiger partial charge in [-0.2, -0.15) is 0 Å². The molecule has 2 aromatic carbocycles. The van der Waals surface area contributed by atoms with Gasteiger partial charge in [0.25, 0.3) is 0 Å². The fourth-order valence-electron chi connectivity index (χ4n) is 3.11. The zero-order valence-electron chi connectivity index (χ0n) is 17.9.